The Hall–Kier alpha value is -1.02. The molecule has 78 valence electrons. The van der Waals surface area contributed by atoms with Crippen molar-refractivity contribution in [2.75, 3.05) is 5.32 Å². The van der Waals surface area contributed by atoms with Gasteiger partial charge in [0.1, 0.15) is 0 Å². The van der Waals surface area contributed by atoms with Gasteiger partial charge in [0, 0.05) is 11.7 Å². The Kier molecular flexibility index (Phi) is 3.96. The van der Waals surface area contributed by atoms with Crippen LogP contribution in [-0.4, -0.2) is 17.3 Å². The number of aliphatic hydroxyl groups is 1. The number of aliphatic hydroxyl groups excluding tert-OH is 1. The van der Waals surface area contributed by atoms with Crippen molar-refractivity contribution in [3.05, 3.63) is 30.3 Å². The van der Waals surface area contributed by atoms with Crippen molar-refractivity contribution in [1.82, 2.24) is 0 Å². The molecule has 2 heteroatoms. The second-order valence-corrected chi connectivity index (χ2v) is 4.03. The van der Waals surface area contributed by atoms with Crippen LogP contribution in [0, 0.1) is 5.92 Å². The highest BCUT2D eigenvalue weighted by Gasteiger charge is 2.16. The average molecular weight is 193 g/mol. The molecule has 0 spiro atoms. The number of hydrogen-bond donors (Lipinski definition) is 2. The Morgan fingerprint density at radius 2 is 1.64 bits per heavy atom. The molecule has 2 nitrogen and oxygen atoms in total. The van der Waals surface area contributed by atoms with Crippen LogP contribution in [0.5, 0.6) is 0 Å². The zero-order valence-corrected chi connectivity index (χ0v) is 9.07. The van der Waals surface area contributed by atoms with Crippen molar-refractivity contribution in [3.63, 3.8) is 0 Å². The quantitative estimate of drug-likeness (QED) is 0.770. The highest BCUT2D eigenvalue weighted by Crippen LogP contribution is 2.12. The number of nitrogens with one attached hydrogen (secondary N) is 1. The summed E-state index contributed by atoms with van der Waals surface area (Å²) in [6.07, 6.45) is -0.310. The van der Waals surface area contributed by atoms with Crippen LogP contribution < -0.4 is 5.32 Å². The number of hydrogen-bond acceptors (Lipinski definition) is 2. The molecular formula is C12H19NO. The summed E-state index contributed by atoms with van der Waals surface area (Å²) in [6, 6.07) is 10.0. The Labute approximate surface area is 86.0 Å². The van der Waals surface area contributed by atoms with Gasteiger partial charge in [0.15, 0.2) is 0 Å². The van der Waals surface area contributed by atoms with Crippen LogP contribution in [0.3, 0.4) is 0 Å². The first-order chi connectivity index (χ1) is 6.61. The summed E-state index contributed by atoms with van der Waals surface area (Å²) in [5, 5.41) is 13.1. The molecule has 0 aliphatic rings. The summed E-state index contributed by atoms with van der Waals surface area (Å²) < 4.78 is 0. The molecule has 0 saturated carbocycles. The molecule has 1 aromatic rings. The highest BCUT2D eigenvalue weighted by molar-refractivity contribution is 5.43. The zero-order chi connectivity index (χ0) is 10.6. The molecule has 2 N–H and O–H groups in total. The van der Waals surface area contributed by atoms with E-state index in [0.29, 0.717) is 0 Å². The Morgan fingerprint density at radius 3 is 2.14 bits per heavy atom. The van der Waals surface area contributed by atoms with E-state index in [-0.39, 0.29) is 18.1 Å². The summed E-state index contributed by atoms with van der Waals surface area (Å²) in [4.78, 5) is 0. The number of para-hydroxylation sites is 1. The van der Waals surface area contributed by atoms with Gasteiger partial charge < -0.3 is 10.4 Å². The van der Waals surface area contributed by atoms with E-state index in [0.717, 1.165) is 5.69 Å². The summed E-state index contributed by atoms with van der Waals surface area (Å²) in [5.74, 6) is 0.279. The first kappa shape index (κ1) is 11.1. The van der Waals surface area contributed by atoms with E-state index in [1.54, 1.807) is 0 Å². The van der Waals surface area contributed by atoms with Gasteiger partial charge in [-0.15, -0.1) is 0 Å². The van der Waals surface area contributed by atoms with Crippen molar-refractivity contribution < 1.29 is 5.11 Å². The van der Waals surface area contributed by atoms with E-state index in [1.807, 2.05) is 51.1 Å². The fourth-order valence-electron chi connectivity index (χ4n) is 1.46. The fourth-order valence-corrected chi connectivity index (χ4v) is 1.46. The Morgan fingerprint density at radius 1 is 1.07 bits per heavy atom. The zero-order valence-electron chi connectivity index (χ0n) is 9.07. The third-order valence-corrected chi connectivity index (χ3v) is 2.36. The standard InChI is InChI=1S/C12H19NO/c1-9(2)12(14)10(3)13-11-7-5-4-6-8-11/h4-10,12-14H,1-3H3/t10-,12-/m0/s1. The third kappa shape index (κ3) is 3.04. The largest absolute Gasteiger partial charge is 0.391 e. The van der Waals surface area contributed by atoms with E-state index in [9.17, 15) is 5.11 Å². The van der Waals surface area contributed by atoms with Gasteiger partial charge in [-0.25, -0.2) is 0 Å². The van der Waals surface area contributed by atoms with Crippen LogP contribution in [0.25, 0.3) is 0 Å². The normalized spacial score (nSPS) is 15.2. The molecule has 0 aliphatic heterocycles. The van der Waals surface area contributed by atoms with Crippen molar-refractivity contribution in [2.45, 2.75) is 32.9 Å². The van der Waals surface area contributed by atoms with Crippen LogP contribution in [0.2, 0.25) is 0 Å². The van der Waals surface area contributed by atoms with Gasteiger partial charge in [-0.05, 0) is 25.0 Å². The Balaban J connectivity index is 2.53. The van der Waals surface area contributed by atoms with E-state index >= 15 is 0 Å². The van der Waals surface area contributed by atoms with Gasteiger partial charge in [-0.3, -0.25) is 0 Å². The molecule has 0 aromatic heterocycles. The maximum absolute atomic E-state index is 9.79. The molecule has 1 rings (SSSR count). The summed E-state index contributed by atoms with van der Waals surface area (Å²) >= 11 is 0. The third-order valence-electron chi connectivity index (χ3n) is 2.36. The number of rotatable bonds is 4. The molecule has 0 unspecified atom stereocenters. The van der Waals surface area contributed by atoms with Gasteiger partial charge in [-0.2, -0.15) is 0 Å². The maximum atomic E-state index is 9.79. The minimum atomic E-state index is -0.310. The smallest absolute Gasteiger partial charge is 0.0761 e. The Bertz CT molecular complexity index is 258. The SMILES string of the molecule is CC(C)[C@H](O)[C@H](C)Nc1ccccc1. The molecule has 0 aliphatic carbocycles. The van der Waals surface area contributed by atoms with E-state index in [4.69, 9.17) is 0 Å². The molecule has 2 atom stereocenters. The van der Waals surface area contributed by atoms with Gasteiger partial charge >= 0.3 is 0 Å². The second-order valence-electron chi connectivity index (χ2n) is 4.03. The van der Waals surface area contributed by atoms with Crippen LogP contribution in [-0.2, 0) is 0 Å². The predicted molar refractivity (Wildman–Crippen MR) is 60.4 cm³/mol. The molecule has 0 saturated heterocycles. The van der Waals surface area contributed by atoms with Gasteiger partial charge in [0.2, 0.25) is 0 Å². The van der Waals surface area contributed by atoms with Crippen molar-refractivity contribution in [2.24, 2.45) is 5.92 Å². The van der Waals surface area contributed by atoms with Crippen molar-refractivity contribution in [1.29, 1.82) is 0 Å². The average Bonchev–Trinajstić information content (AvgIpc) is 2.18. The molecule has 0 radical (unpaired) electrons. The number of benzene rings is 1. The molecule has 0 fully saturated rings. The predicted octanol–water partition coefficient (Wildman–Crippen LogP) is 2.50. The monoisotopic (exact) mass is 193 g/mol. The van der Waals surface area contributed by atoms with Crippen LogP contribution in [0.4, 0.5) is 5.69 Å². The first-order valence-corrected chi connectivity index (χ1v) is 5.11. The molecule has 0 amide bonds. The van der Waals surface area contributed by atoms with E-state index in [1.165, 1.54) is 0 Å². The summed E-state index contributed by atoms with van der Waals surface area (Å²) in [5.41, 5.74) is 1.06. The van der Waals surface area contributed by atoms with Gasteiger partial charge in [0.05, 0.1) is 6.10 Å². The molecule has 0 heterocycles. The minimum Gasteiger partial charge on any atom is -0.391 e. The van der Waals surface area contributed by atoms with Crippen LogP contribution >= 0.6 is 0 Å². The first-order valence-electron chi connectivity index (χ1n) is 5.11. The van der Waals surface area contributed by atoms with Gasteiger partial charge in [0.25, 0.3) is 0 Å². The van der Waals surface area contributed by atoms with Crippen molar-refractivity contribution in [3.8, 4) is 0 Å². The number of anilines is 1. The fraction of sp³-hybridized carbons (Fsp3) is 0.500. The minimum absolute atomic E-state index is 0.0809. The van der Waals surface area contributed by atoms with Crippen molar-refractivity contribution >= 4 is 5.69 Å². The van der Waals surface area contributed by atoms with E-state index in [2.05, 4.69) is 5.32 Å². The topological polar surface area (TPSA) is 32.3 Å². The molecule has 1 aromatic carbocycles. The molecular weight excluding hydrogens is 174 g/mol. The van der Waals surface area contributed by atoms with Crippen LogP contribution in [0.1, 0.15) is 20.8 Å². The highest BCUT2D eigenvalue weighted by atomic mass is 16.3. The molecule has 0 bridgehead atoms. The van der Waals surface area contributed by atoms with Gasteiger partial charge in [-0.1, -0.05) is 32.0 Å². The maximum Gasteiger partial charge on any atom is 0.0761 e. The lowest BCUT2D eigenvalue weighted by Gasteiger charge is -2.24. The summed E-state index contributed by atoms with van der Waals surface area (Å²) in [7, 11) is 0. The lowest BCUT2D eigenvalue weighted by Crippen LogP contribution is -2.34. The lowest BCUT2D eigenvalue weighted by molar-refractivity contribution is 0.110. The summed E-state index contributed by atoms with van der Waals surface area (Å²) in [6.45, 7) is 6.04. The second kappa shape index (κ2) is 5.01. The lowest BCUT2D eigenvalue weighted by atomic mass is 10.0. The van der Waals surface area contributed by atoms with Crippen LogP contribution in [0.15, 0.2) is 30.3 Å². The van der Waals surface area contributed by atoms with E-state index < -0.39 is 0 Å². The molecule has 14 heavy (non-hydrogen) atoms.